The molecule has 0 unspecified atom stereocenters. The van der Waals surface area contributed by atoms with E-state index in [1.54, 1.807) is 23.5 Å². The fraction of sp³-hybridized carbons (Fsp3) is 0.105. The molecular formula is C19H17FN2OS. The molecule has 24 heavy (non-hydrogen) atoms. The van der Waals surface area contributed by atoms with Gasteiger partial charge in [0.05, 0.1) is 12.6 Å². The number of carbonyl (C=O) groups excluding carboxylic acids is 1. The van der Waals surface area contributed by atoms with Crippen LogP contribution in [-0.4, -0.2) is 12.5 Å². The van der Waals surface area contributed by atoms with Gasteiger partial charge in [0, 0.05) is 10.6 Å². The molecule has 5 heteroatoms. The molecule has 3 nitrogen and oxygen atoms in total. The standard InChI is InChI=1S/C19H17FN2OS/c20-15-8-10-16(11-9-15)21-13-18(23)22-19(17-7-4-12-24-17)14-5-2-1-3-6-14/h1-12,19,21H,13H2,(H,22,23)/t19-/m1/s1. The number of rotatable bonds is 6. The first-order chi connectivity index (χ1) is 11.7. The van der Waals surface area contributed by atoms with Crippen LogP contribution < -0.4 is 10.6 Å². The summed E-state index contributed by atoms with van der Waals surface area (Å²) in [6, 6.07) is 19.6. The van der Waals surface area contributed by atoms with Gasteiger partial charge in [-0.05, 0) is 41.3 Å². The molecule has 0 aliphatic heterocycles. The molecule has 1 atom stereocenters. The summed E-state index contributed by atoms with van der Waals surface area (Å²) >= 11 is 1.61. The third-order valence-corrected chi connectivity index (χ3v) is 4.50. The van der Waals surface area contributed by atoms with E-state index in [9.17, 15) is 9.18 Å². The highest BCUT2D eigenvalue weighted by Crippen LogP contribution is 2.25. The van der Waals surface area contributed by atoms with Gasteiger partial charge in [-0.2, -0.15) is 0 Å². The van der Waals surface area contributed by atoms with Gasteiger partial charge in [-0.15, -0.1) is 11.3 Å². The normalized spacial score (nSPS) is 11.7. The zero-order valence-corrected chi connectivity index (χ0v) is 13.7. The number of thiophene rings is 1. The van der Waals surface area contributed by atoms with E-state index in [4.69, 9.17) is 0 Å². The second-order valence-electron chi connectivity index (χ2n) is 5.29. The van der Waals surface area contributed by atoms with Crippen molar-refractivity contribution in [2.24, 2.45) is 0 Å². The number of hydrogen-bond donors (Lipinski definition) is 2. The van der Waals surface area contributed by atoms with E-state index in [-0.39, 0.29) is 24.3 Å². The lowest BCUT2D eigenvalue weighted by atomic mass is 10.1. The van der Waals surface area contributed by atoms with E-state index in [2.05, 4.69) is 10.6 Å². The number of amides is 1. The quantitative estimate of drug-likeness (QED) is 0.706. The van der Waals surface area contributed by atoms with Crippen LogP contribution in [0.3, 0.4) is 0 Å². The van der Waals surface area contributed by atoms with Gasteiger partial charge < -0.3 is 10.6 Å². The Hall–Kier alpha value is -2.66. The van der Waals surface area contributed by atoms with Gasteiger partial charge in [-0.1, -0.05) is 36.4 Å². The largest absolute Gasteiger partial charge is 0.376 e. The maximum atomic E-state index is 12.9. The van der Waals surface area contributed by atoms with Crippen LogP contribution in [0, 0.1) is 5.82 Å². The van der Waals surface area contributed by atoms with Crippen LogP contribution in [0.15, 0.2) is 72.1 Å². The number of nitrogens with one attached hydrogen (secondary N) is 2. The molecule has 122 valence electrons. The molecule has 1 aromatic heterocycles. The van der Waals surface area contributed by atoms with Crippen molar-refractivity contribution in [2.75, 3.05) is 11.9 Å². The van der Waals surface area contributed by atoms with E-state index in [0.717, 1.165) is 10.4 Å². The summed E-state index contributed by atoms with van der Waals surface area (Å²) in [5.41, 5.74) is 1.74. The Bertz CT molecular complexity index is 773. The average molecular weight is 340 g/mol. The average Bonchev–Trinajstić information content (AvgIpc) is 3.14. The van der Waals surface area contributed by atoms with E-state index in [0.29, 0.717) is 5.69 Å². The Labute approximate surface area is 144 Å². The first-order valence-electron chi connectivity index (χ1n) is 7.59. The number of carbonyl (C=O) groups is 1. The van der Waals surface area contributed by atoms with Crippen LogP contribution >= 0.6 is 11.3 Å². The Morgan fingerprint density at radius 3 is 2.42 bits per heavy atom. The summed E-state index contributed by atoms with van der Waals surface area (Å²) in [5, 5.41) is 8.04. The molecule has 0 aliphatic rings. The van der Waals surface area contributed by atoms with Crippen LogP contribution in [0.25, 0.3) is 0 Å². The number of anilines is 1. The van der Waals surface area contributed by atoms with Gasteiger partial charge in [-0.25, -0.2) is 4.39 Å². The van der Waals surface area contributed by atoms with Gasteiger partial charge in [-0.3, -0.25) is 4.79 Å². The fourth-order valence-corrected chi connectivity index (χ4v) is 3.18. The second kappa shape index (κ2) is 7.75. The van der Waals surface area contributed by atoms with Crippen LogP contribution in [0.4, 0.5) is 10.1 Å². The highest BCUT2D eigenvalue weighted by Gasteiger charge is 2.17. The van der Waals surface area contributed by atoms with Crippen LogP contribution in [-0.2, 0) is 4.79 Å². The summed E-state index contributed by atoms with van der Waals surface area (Å²) in [5.74, 6) is -0.423. The molecule has 3 rings (SSSR count). The van der Waals surface area contributed by atoms with Crippen LogP contribution in [0.1, 0.15) is 16.5 Å². The first kappa shape index (κ1) is 16.2. The van der Waals surface area contributed by atoms with E-state index < -0.39 is 0 Å². The molecule has 0 spiro atoms. The predicted molar refractivity (Wildman–Crippen MR) is 95.6 cm³/mol. The second-order valence-corrected chi connectivity index (χ2v) is 6.27. The van der Waals surface area contributed by atoms with Crippen molar-refractivity contribution in [1.29, 1.82) is 0 Å². The van der Waals surface area contributed by atoms with Crippen molar-refractivity contribution in [3.05, 3.63) is 88.4 Å². The summed E-state index contributed by atoms with van der Waals surface area (Å²) < 4.78 is 12.9. The van der Waals surface area contributed by atoms with Gasteiger partial charge in [0.15, 0.2) is 0 Å². The maximum Gasteiger partial charge on any atom is 0.240 e. The van der Waals surface area contributed by atoms with E-state index in [1.807, 2.05) is 47.8 Å². The Kier molecular flexibility index (Phi) is 5.23. The molecule has 0 saturated heterocycles. The lowest BCUT2D eigenvalue weighted by Gasteiger charge is -2.18. The molecule has 1 amide bonds. The third kappa shape index (κ3) is 4.20. The smallest absolute Gasteiger partial charge is 0.240 e. The van der Waals surface area contributed by atoms with Crippen molar-refractivity contribution in [2.45, 2.75) is 6.04 Å². The SMILES string of the molecule is O=C(CNc1ccc(F)cc1)N[C@H](c1ccccc1)c1cccs1. The molecule has 2 N–H and O–H groups in total. The van der Waals surface area contributed by atoms with Gasteiger partial charge >= 0.3 is 0 Å². The minimum absolute atomic E-state index is 0.124. The monoisotopic (exact) mass is 340 g/mol. The zero-order chi connectivity index (χ0) is 16.8. The lowest BCUT2D eigenvalue weighted by molar-refractivity contribution is -0.119. The van der Waals surface area contributed by atoms with Crippen molar-refractivity contribution in [3.8, 4) is 0 Å². The fourth-order valence-electron chi connectivity index (χ4n) is 2.38. The minimum atomic E-state index is -0.299. The third-order valence-electron chi connectivity index (χ3n) is 3.56. The molecule has 0 radical (unpaired) electrons. The topological polar surface area (TPSA) is 41.1 Å². The molecular weight excluding hydrogens is 323 g/mol. The Morgan fingerprint density at radius 1 is 1.00 bits per heavy atom. The van der Waals surface area contributed by atoms with Gasteiger partial charge in [0.2, 0.25) is 5.91 Å². The van der Waals surface area contributed by atoms with Crippen molar-refractivity contribution >= 4 is 22.9 Å². The highest BCUT2D eigenvalue weighted by atomic mass is 32.1. The molecule has 0 saturated carbocycles. The Balaban J connectivity index is 1.66. The van der Waals surface area contributed by atoms with E-state index >= 15 is 0 Å². The van der Waals surface area contributed by atoms with E-state index in [1.165, 1.54) is 12.1 Å². The van der Waals surface area contributed by atoms with Crippen LogP contribution in [0.2, 0.25) is 0 Å². The molecule has 0 bridgehead atoms. The van der Waals surface area contributed by atoms with Crippen molar-refractivity contribution in [3.63, 3.8) is 0 Å². The highest BCUT2D eigenvalue weighted by molar-refractivity contribution is 7.10. The molecule has 0 aliphatic carbocycles. The number of benzene rings is 2. The zero-order valence-electron chi connectivity index (χ0n) is 12.9. The minimum Gasteiger partial charge on any atom is -0.376 e. The van der Waals surface area contributed by atoms with Crippen molar-refractivity contribution < 1.29 is 9.18 Å². The molecule has 3 aromatic rings. The first-order valence-corrected chi connectivity index (χ1v) is 8.47. The van der Waals surface area contributed by atoms with Gasteiger partial charge in [0.1, 0.15) is 5.82 Å². The van der Waals surface area contributed by atoms with Gasteiger partial charge in [0.25, 0.3) is 0 Å². The molecule has 2 aromatic carbocycles. The predicted octanol–water partition coefficient (Wildman–Crippen LogP) is 4.20. The molecule has 1 heterocycles. The summed E-state index contributed by atoms with van der Waals surface area (Å²) in [7, 11) is 0. The Morgan fingerprint density at radius 2 is 1.75 bits per heavy atom. The summed E-state index contributed by atoms with van der Waals surface area (Å²) in [6.07, 6.45) is 0. The number of halogens is 1. The number of hydrogen-bond acceptors (Lipinski definition) is 3. The maximum absolute atomic E-state index is 12.9. The van der Waals surface area contributed by atoms with Crippen molar-refractivity contribution in [1.82, 2.24) is 5.32 Å². The van der Waals surface area contributed by atoms with Crippen LogP contribution in [0.5, 0.6) is 0 Å². The lowest BCUT2D eigenvalue weighted by Crippen LogP contribution is -2.33. The summed E-state index contributed by atoms with van der Waals surface area (Å²) in [4.78, 5) is 13.4. The summed E-state index contributed by atoms with van der Waals surface area (Å²) in [6.45, 7) is 0.125. The molecule has 0 fully saturated rings.